The van der Waals surface area contributed by atoms with Crippen LogP contribution in [0.3, 0.4) is 0 Å². The minimum Gasteiger partial charge on any atom is -0.385 e. The first-order valence-electron chi connectivity index (χ1n) is 9.01. The van der Waals surface area contributed by atoms with Crippen molar-refractivity contribution in [2.45, 2.75) is 63.1 Å². The predicted molar refractivity (Wildman–Crippen MR) is 96.0 cm³/mol. The van der Waals surface area contributed by atoms with Crippen molar-refractivity contribution < 1.29 is 9.90 Å². The van der Waals surface area contributed by atoms with Gasteiger partial charge in [0.2, 0.25) is 5.91 Å². The summed E-state index contributed by atoms with van der Waals surface area (Å²) in [6.07, 6.45) is 5.92. The maximum Gasteiger partial charge on any atom is 0.237 e. The van der Waals surface area contributed by atoms with E-state index in [1.807, 2.05) is 31.2 Å². The monoisotopic (exact) mass is 350 g/mol. The van der Waals surface area contributed by atoms with Crippen LogP contribution in [0.1, 0.15) is 51.0 Å². The lowest BCUT2D eigenvalue weighted by molar-refractivity contribution is -0.128. The van der Waals surface area contributed by atoms with E-state index in [0.29, 0.717) is 23.9 Å². The number of carbonyl (C=O) groups excluding carboxylic acids is 1. The van der Waals surface area contributed by atoms with Crippen LogP contribution in [0.4, 0.5) is 0 Å². The van der Waals surface area contributed by atoms with Crippen LogP contribution < -0.4 is 5.32 Å². The fraction of sp³-hybridized carbons (Fsp3) is 0.632. The molecule has 0 aromatic heterocycles. The third-order valence-electron chi connectivity index (χ3n) is 5.64. The molecular formula is C19H27ClN2O2. The van der Waals surface area contributed by atoms with E-state index >= 15 is 0 Å². The van der Waals surface area contributed by atoms with E-state index in [1.165, 1.54) is 12.8 Å². The molecule has 2 aliphatic rings. The van der Waals surface area contributed by atoms with Gasteiger partial charge in [0.05, 0.1) is 11.6 Å². The Morgan fingerprint density at radius 2 is 1.83 bits per heavy atom. The van der Waals surface area contributed by atoms with Gasteiger partial charge in [-0.05, 0) is 50.3 Å². The molecular weight excluding hydrogens is 324 g/mol. The summed E-state index contributed by atoms with van der Waals surface area (Å²) in [5.41, 5.74) is 0.0949. The minimum atomic E-state index is -0.817. The van der Waals surface area contributed by atoms with E-state index in [0.717, 1.165) is 31.5 Å². The molecule has 0 spiro atoms. The molecule has 1 aromatic carbocycles. The quantitative estimate of drug-likeness (QED) is 0.877. The molecule has 1 aliphatic heterocycles. The number of nitrogens with one attached hydrogen (secondary N) is 1. The smallest absolute Gasteiger partial charge is 0.237 e. The Hall–Kier alpha value is -1.10. The zero-order valence-electron chi connectivity index (χ0n) is 14.3. The molecule has 2 N–H and O–H groups in total. The number of rotatable bonds is 4. The van der Waals surface area contributed by atoms with Gasteiger partial charge in [-0.15, -0.1) is 0 Å². The predicted octanol–water partition coefficient (Wildman–Crippen LogP) is 3.07. The van der Waals surface area contributed by atoms with Crippen LogP contribution in [0, 0.1) is 0 Å². The average Bonchev–Trinajstić information content (AvgIpc) is 3.08. The van der Waals surface area contributed by atoms with Gasteiger partial charge in [-0.3, -0.25) is 9.69 Å². The second-order valence-corrected chi connectivity index (χ2v) is 7.68. The zero-order chi connectivity index (χ0) is 17.2. The zero-order valence-corrected chi connectivity index (χ0v) is 15.1. The molecule has 1 aromatic rings. The topological polar surface area (TPSA) is 52.6 Å². The summed E-state index contributed by atoms with van der Waals surface area (Å²) in [5, 5.41) is 14.8. The Morgan fingerprint density at radius 1 is 1.25 bits per heavy atom. The number of halogens is 1. The van der Waals surface area contributed by atoms with Gasteiger partial charge in [-0.2, -0.15) is 0 Å². The molecule has 132 valence electrons. The molecule has 1 atom stereocenters. The average molecular weight is 351 g/mol. The van der Waals surface area contributed by atoms with Gasteiger partial charge in [-0.1, -0.05) is 36.6 Å². The van der Waals surface area contributed by atoms with E-state index in [1.54, 1.807) is 0 Å². The molecule has 1 aliphatic carbocycles. The van der Waals surface area contributed by atoms with Gasteiger partial charge in [0.15, 0.2) is 0 Å². The van der Waals surface area contributed by atoms with Gasteiger partial charge in [0, 0.05) is 24.2 Å². The number of benzene rings is 1. The first-order valence-corrected chi connectivity index (χ1v) is 9.39. The van der Waals surface area contributed by atoms with Crippen molar-refractivity contribution >= 4 is 17.5 Å². The SMILES string of the molecule is C[C@H](C(=O)NC1CCCC1)N1CCC(O)(c2ccc(Cl)cc2)CC1. The molecule has 5 heteroatoms. The minimum absolute atomic E-state index is 0.124. The number of likely N-dealkylation sites (tertiary alicyclic amines) is 1. The Bertz CT molecular complexity index is 561. The van der Waals surface area contributed by atoms with Crippen molar-refractivity contribution in [2.24, 2.45) is 0 Å². The van der Waals surface area contributed by atoms with E-state index in [9.17, 15) is 9.90 Å². The first-order chi connectivity index (χ1) is 11.5. The summed E-state index contributed by atoms with van der Waals surface area (Å²) in [4.78, 5) is 14.6. The van der Waals surface area contributed by atoms with E-state index in [4.69, 9.17) is 11.6 Å². The van der Waals surface area contributed by atoms with Crippen LogP contribution >= 0.6 is 11.6 Å². The largest absolute Gasteiger partial charge is 0.385 e. The van der Waals surface area contributed by atoms with E-state index in [-0.39, 0.29) is 11.9 Å². The number of aliphatic hydroxyl groups is 1. The Labute approximate surface area is 149 Å². The summed E-state index contributed by atoms with van der Waals surface area (Å²) in [7, 11) is 0. The molecule has 0 bridgehead atoms. The Kier molecular flexibility index (Phi) is 5.48. The number of hydrogen-bond acceptors (Lipinski definition) is 3. The number of amides is 1. The Morgan fingerprint density at radius 3 is 2.42 bits per heavy atom. The molecule has 2 fully saturated rings. The lowest BCUT2D eigenvalue weighted by atomic mass is 9.84. The number of nitrogens with zero attached hydrogens (tertiary/aromatic N) is 1. The lowest BCUT2D eigenvalue weighted by Crippen LogP contribution is -2.52. The molecule has 1 saturated carbocycles. The van der Waals surface area contributed by atoms with Gasteiger partial charge in [0.25, 0.3) is 0 Å². The van der Waals surface area contributed by atoms with E-state index in [2.05, 4.69) is 10.2 Å². The highest BCUT2D eigenvalue weighted by atomic mass is 35.5. The summed E-state index contributed by atoms with van der Waals surface area (Å²) >= 11 is 5.93. The van der Waals surface area contributed by atoms with Crippen LogP contribution in [0.15, 0.2) is 24.3 Å². The molecule has 0 unspecified atom stereocenters. The van der Waals surface area contributed by atoms with Crippen molar-refractivity contribution in [2.75, 3.05) is 13.1 Å². The number of carbonyl (C=O) groups is 1. The lowest BCUT2D eigenvalue weighted by Gasteiger charge is -2.40. The van der Waals surface area contributed by atoms with Crippen molar-refractivity contribution in [3.05, 3.63) is 34.9 Å². The fourth-order valence-corrected chi connectivity index (χ4v) is 4.01. The highest BCUT2D eigenvalue weighted by molar-refractivity contribution is 6.30. The molecule has 24 heavy (non-hydrogen) atoms. The van der Waals surface area contributed by atoms with Crippen molar-refractivity contribution in [3.63, 3.8) is 0 Å². The molecule has 3 rings (SSSR count). The van der Waals surface area contributed by atoms with Crippen LogP contribution in [0.25, 0.3) is 0 Å². The normalized spacial score (nSPS) is 23.1. The van der Waals surface area contributed by atoms with Crippen LogP contribution in [-0.2, 0) is 10.4 Å². The van der Waals surface area contributed by atoms with Gasteiger partial charge < -0.3 is 10.4 Å². The molecule has 0 radical (unpaired) electrons. The Balaban J connectivity index is 1.55. The van der Waals surface area contributed by atoms with Crippen molar-refractivity contribution in [3.8, 4) is 0 Å². The standard InChI is InChI=1S/C19H27ClN2O2/c1-14(18(23)21-17-4-2-3-5-17)22-12-10-19(24,11-13-22)15-6-8-16(20)9-7-15/h6-9,14,17,24H,2-5,10-13H2,1H3,(H,21,23)/t14-/m1/s1. The summed E-state index contributed by atoms with van der Waals surface area (Å²) in [6.45, 7) is 3.41. The summed E-state index contributed by atoms with van der Waals surface area (Å²) < 4.78 is 0. The molecule has 1 saturated heterocycles. The second kappa shape index (κ2) is 7.42. The summed E-state index contributed by atoms with van der Waals surface area (Å²) in [6, 6.07) is 7.65. The molecule has 4 nitrogen and oxygen atoms in total. The van der Waals surface area contributed by atoms with Crippen LogP contribution in [0.2, 0.25) is 5.02 Å². The second-order valence-electron chi connectivity index (χ2n) is 7.24. The van der Waals surface area contributed by atoms with Crippen molar-refractivity contribution in [1.29, 1.82) is 0 Å². The highest BCUT2D eigenvalue weighted by Crippen LogP contribution is 2.34. The van der Waals surface area contributed by atoms with E-state index < -0.39 is 5.60 Å². The maximum absolute atomic E-state index is 12.4. The van der Waals surface area contributed by atoms with Crippen molar-refractivity contribution in [1.82, 2.24) is 10.2 Å². The number of hydrogen-bond donors (Lipinski definition) is 2. The fourth-order valence-electron chi connectivity index (χ4n) is 3.89. The van der Waals surface area contributed by atoms with Gasteiger partial charge in [-0.25, -0.2) is 0 Å². The highest BCUT2D eigenvalue weighted by Gasteiger charge is 2.36. The van der Waals surface area contributed by atoms with Gasteiger partial charge >= 0.3 is 0 Å². The van der Waals surface area contributed by atoms with Crippen LogP contribution in [-0.4, -0.2) is 41.1 Å². The first kappa shape index (κ1) is 17.7. The third-order valence-corrected chi connectivity index (χ3v) is 5.89. The van der Waals surface area contributed by atoms with Gasteiger partial charge in [0.1, 0.15) is 0 Å². The van der Waals surface area contributed by atoms with Crippen LogP contribution in [0.5, 0.6) is 0 Å². The third kappa shape index (κ3) is 3.93. The molecule has 1 amide bonds. The molecule has 1 heterocycles. The summed E-state index contributed by atoms with van der Waals surface area (Å²) in [5.74, 6) is 0.124. The number of piperidine rings is 1. The maximum atomic E-state index is 12.4.